The van der Waals surface area contributed by atoms with Crippen LogP contribution in [0.1, 0.15) is 146 Å². The second-order valence-corrected chi connectivity index (χ2v) is 14.4. The van der Waals surface area contributed by atoms with Gasteiger partial charge in [0.15, 0.2) is 0 Å². The molecule has 1 aromatic rings. The molecule has 1 aromatic carbocycles. The number of aryl methyl sites for hydroxylation is 2. The maximum absolute atomic E-state index is 12.3. The summed E-state index contributed by atoms with van der Waals surface area (Å²) in [4.78, 5) is 0. The molecule has 3 fully saturated rings. The van der Waals surface area contributed by atoms with Gasteiger partial charge in [0.05, 0.1) is 12.8 Å². The summed E-state index contributed by atoms with van der Waals surface area (Å²) in [6.07, 6.45) is 30.6. The van der Waals surface area contributed by atoms with Crippen LogP contribution in [0.5, 0.6) is 0 Å². The van der Waals surface area contributed by atoms with Crippen molar-refractivity contribution >= 4 is 0 Å². The van der Waals surface area contributed by atoms with E-state index in [1.165, 1.54) is 122 Å². The largest absolute Gasteiger partial charge is 0.382 e. The molecule has 0 aromatic heterocycles. The Labute approximate surface area is 247 Å². The summed E-state index contributed by atoms with van der Waals surface area (Å²) in [5, 5.41) is 0. The number of benzene rings is 1. The van der Waals surface area contributed by atoms with E-state index in [2.05, 4.69) is 31.2 Å². The van der Waals surface area contributed by atoms with Gasteiger partial charge in [-0.15, -0.1) is 0 Å². The molecule has 0 bridgehead atoms. The Kier molecular flexibility index (Phi) is 14.4. The Hall–Kier alpha value is -0.890. The minimum Gasteiger partial charge on any atom is -0.382 e. The van der Waals surface area contributed by atoms with E-state index in [-0.39, 0.29) is 6.67 Å². The van der Waals surface area contributed by atoms with E-state index in [0.717, 1.165) is 54.8 Å². The van der Waals surface area contributed by atoms with Gasteiger partial charge in [0.2, 0.25) is 0 Å². The predicted molar refractivity (Wildman–Crippen MR) is 170 cm³/mol. The minimum atomic E-state index is -0.125. The molecule has 3 saturated carbocycles. The molecule has 228 valence electrons. The normalized spacial score (nSPS) is 30.3. The molecule has 0 radical (unpaired) electrons. The number of halogens is 1. The Balaban J connectivity index is 1.09. The fraction of sp³-hybridized carbons (Fsp3) is 0.842. The standard InChI is InChI=1S/C38H63FO/c1-30(40-2)10-9-14-33-12-6-7-13-34(33)20-17-32-18-23-36(24-19-32)38-27-25-37(26-28-38)35-21-15-31(16-22-35)11-5-3-4-8-29-39/h6-7,12-13,30-32,35-38H,3-5,8-11,14-29H2,1-2H3/t30?,31-,32?,35-,36?,37?,38?. The lowest BCUT2D eigenvalue weighted by Gasteiger charge is -2.41. The third-order valence-electron chi connectivity index (χ3n) is 11.8. The first-order valence-electron chi connectivity index (χ1n) is 17.8. The van der Waals surface area contributed by atoms with Crippen LogP contribution in [-0.2, 0) is 17.6 Å². The second kappa shape index (κ2) is 17.9. The highest BCUT2D eigenvalue weighted by Gasteiger charge is 2.34. The maximum Gasteiger partial charge on any atom is 0.0894 e. The van der Waals surface area contributed by atoms with E-state index in [1.54, 1.807) is 11.1 Å². The van der Waals surface area contributed by atoms with Gasteiger partial charge in [-0.1, -0.05) is 75.6 Å². The molecule has 1 unspecified atom stereocenters. The first-order chi connectivity index (χ1) is 19.7. The maximum atomic E-state index is 12.3. The van der Waals surface area contributed by atoms with Crippen LogP contribution in [0.2, 0.25) is 0 Å². The molecule has 0 heterocycles. The van der Waals surface area contributed by atoms with Crippen LogP contribution in [0.25, 0.3) is 0 Å². The highest BCUT2D eigenvalue weighted by molar-refractivity contribution is 5.27. The smallest absolute Gasteiger partial charge is 0.0894 e. The van der Waals surface area contributed by atoms with Gasteiger partial charge in [-0.2, -0.15) is 0 Å². The summed E-state index contributed by atoms with van der Waals surface area (Å²) >= 11 is 0. The van der Waals surface area contributed by atoms with Gasteiger partial charge >= 0.3 is 0 Å². The zero-order valence-corrected chi connectivity index (χ0v) is 26.4. The lowest BCUT2D eigenvalue weighted by Crippen LogP contribution is -2.29. The average Bonchev–Trinajstić information content (AvgIpc) is 3.01. The van der Waals surface area contributed by atoms with E-state index >= 15 is 0 Å². The molecule has 0 aliphatic heterocycles. The number of rotatable bonds is 16. The first-order valence-corrected chi connectivity index (χ1v) is 17.8. The van der Waals surface area contributed by atoms with Crippen LogP contribution in [0.15, 0.2) is 24.3 Å². The fourth-order valence-corrected chi connectivity index (χ4v) is 8.97. The molecule has 40 heavy (non-hydrogen) atoms. The fourth-order valence-electron chi connectivity index (χ4n) is 8.97. The molecule has 1 atom stereocenters. The minimum absolute atomic E-state index is 0.125. The monoisotopic (exact) mass is 554 g/mol. The van der Waals surface area contributed by atoms with Crippen molar-refractivity contribution in [3.05, 3.63) is 35.4 Å². The van der Waals surface area contributed by atoms with Crippen LogP contribution in [-0.4, -0.2) is 19.9 Å². The third kappa shape index (κ3) is 10.4. The Morgan fingerprint density at radius 3 is 1.62 bits per heavy atom. The molecule has 1 nitrogen and oxygen atoms in total. The van der Waals surface area contributed by atoms with E-state index < -0.39 is 0 Å². The Morgan fingerprint density at radius 1 is 0.625 bits per heavy atom. The lowest BCUT2D eigenvalue weighted by molar-refractivity contribution is 0.102. The predicted octanol–water partition coefficient (Wildman–Crippen LogP) is 11.3. The van der Waals surface area contributed by atoms with Crippen molar-refractivity contribution < 1.29 is 9.13 Å². The van der Waals surface area contributed by atoms with E-state index in [9.17, 15) is 4.39 Å². The van der Waals surface area contributed by atoms with Gasteiger partial charge in [-0.25, -0.2) is 0 Å². The van der Waals surface area contributed by atoms with Gasteiger partial charge < -0.3 is 4.74 Å². The second-order valence-electron chi connectivity index (χ2n) is 14.4. The molecular weight excluding hydrogens is 491 g/mol. The van der Waals surface area contributed by atoms with Crippen molar-refractivity contribution in [1.82, 2.24) is 0 Å². The third-order valence-corrected chi connectivity index (χ3v) is 11.8. The Morgan fingerprint density at radius 2 is 1.10 bits per heavy atom. The van der Waals surface area contributed by atoms with Gasteiger partial charge in [0.1, 0.15) is 0 Å². The first kappa shape index (κ1) is 32.0. The van der Waals surface area contributed by atoms with Crippen LogP contribution < -0.4 is 0 Å². The molecule has 0 saturated heterocycles. The van der Waals surface area contributed by atoms with Gasteiger partial charge in [0.25, 0.3) is 0 Å². The van der Waals surface area contributed by atoms with Crippen LogP contribution in [0.4, 0.5) is 4.39 Å². The summed E-state index contributed by atoms with van der Waals surface area (Å²) in [6.45, 7) is 2.06. The number of unbranched alkanes of at least 4 members (excludes halogenated alkanes) is 3. The van der Waals surface area contributed by atoms with E-state index in [1.807, 2.05) is 7.11 Å². The van der Waals surface area contributed by atoms with Crippen molar-refractivity contribution in [2.24, 2.45) is 35.5 Å². The SMILES string of the molecule is COC(C)CCCc1ccccc1CCC1CCC(C2CCC([C@H]3CC[C@H](CCCCCCF)CC3)CC2)CC1. The van der Waals surface area contributed by atoms with Crippen LogP contribution in [0.3, 0.4) is 0 Å². The van der Waals surface area contributed by atoms with Crippen LogP contribution in [0, 0.1) is 35.5 Å². The zero-order valence-electron chi connectivity index (χ0n) is 26.4. The highest BCUT2D eigenvalue weighted by atomic mass is 19.1. The molecule has 0 N–H and O–H groups in total. The summed E-state index contributed by atoms with van der Waals surface area (Å²) in [6, 6.07) is 9.23. The van der Waals surface area contributed by atoms with E-state index in [4.69, 9.17) is 4.74 Å². The summed E-state index contributed by atoms with van der Waals surface area (Å²) in [7, 11) is 1.83. The average molecular weight is 555 g/mol. The number of hydrogen-bond acceptors (Lipinski definition) is 1. The van der Waals surface area contributed by atoms with Crippen molar-refractivity contribution in [2.45, 2.75) is 154 Å². The van der Waals surface area contributed by atoms with Gasteiger partial charge in [0, 0.05) is 7.11 Å². The molecule has 0 amide bonds. The number of hydrogen-bond donors (Lipinski definition) is 0. The summed E-state index contributed by atoms with van der Waals surface area (Å²) < 4.78 is 17.7. The molecular formula is C38H63FO. The topological polar surface area (TPSA) is 9.23 Å². The van der Waals surface area contributed by atoms with Gasteiger partial charge in [-0.3, -0.25) is 4.39 Å². The quantitative estimate of drug-likeness (QED) is 0.185. The van der Waals surface area contributed by atoms with E-state index in [0.29, 0.717) is 6.10 Å². The number of alkyl halides is 1. The van der Waals surface area contributed by atoms with Crippen molar-refractivity contribution in [3.63, 3.8) is 0 Å². The number of ether oxygens (including phenoxy) is 1. The zero-order chi connectivity index (χ0) is 28.0. The molecule has 4 rings (SSSR count). The highest BCUT2D eigenvalue weighted by Crippen LogP contribution is 2.46. The molecule has 0 spiro atoms. The number of methoxy groups -OCH3 is 1. The van der Waals surface area contributed by atoms with Gasteiger partial charge in [-0.05, 0) is 143 Å². The Bertz CT molecular complexity index is 782. The molecule has 3 aliphatic rings. The summed E-state index contributed by atoms with van der Waals surface area (Å²) in [5.74, 6) is 6.06. The summed E-state index contributed by atoms with van der Waals surface area (Å²) in [5.41, 5.74) is 3.19. The van der Waals surface area contributed by atoms with Crippen molar-refractivity contribution in [1.29, 1.82) is 0 Å². The molecule has 2 heteroatoms. The van der Waals surface area contributed by atoms with Crippen LogP contribution >= 0.6 is 0 Å². The molecule has 3 aliphatic carbocycles. The lowest BCUT2D eigenvalue weighted by atomic mass is 9.64. The van der Waals surface area contributed by atoms with Crippen molar-refractivity contribution in [3.8, 4) is 0 Å². The van der Waals surface area contributed by atoms with Crippen molar-refractivity contribution in [2.75, 3.05) is 13.8 Å².